The van der Waals surface area contributed by atoms with E-state index in [0.717, 1.165) is 0 Å². The van der Waals surface area contributed by atoms with Gasteiger partial charge in [0.2, 0.25) is 0 Å². The third-order valence-electron chi connectivity index (χ3n) is 0.726. The summed E-state index contributed by atoms with van der Waals surface area (Å²) in [6.07, 6.45) is 0. The fourth-order valence-electron chi connectivity index (χ4n) is 0.236. The molecule has 0 saturated heterocycles. The second-order valence-corrected chi connectivity index (χ2v) is 1.81. The van der Waals surface area contributed by atoms with E-state index in [1.54, 1.807) is 0 Å². The first-order chi connectivity index (χ1) is 3.55. The smallest absolute Gasteiger partial charge is 0.542 e. The minimum atomic E-state index is -1.60. The zero-order chi connectivity index (χ0) is 6.73. The number of ketones is 1. The maximum Gasteiger partial charge on any atom is 1.00 e. The number of hydrogen-bond acceptors (Lipinski definition) is 3. The Bertz CT molecular complexity index is 119. The maximum atomic E-state index is 10.2. The maximum absolute atomic E-state index is 10.2. The largest absolute Gasteiger partial charge is 1.00 e. The average Bonchev–Trinajstić information content (AvgIpc) is 1.64. The van der Waals surface area contributed by atoms with E-state index in [4.69, 9.17) is 0 Å². The Morgan fingerprint density at radius 1 is 1.33 bits per heavy atom. The summed E-state index contributed by atoms with van der Waals surface area (Å²) in [6.45, 7) is 3.02. The molecule has 0 heterocycles. The molecule has 0 unspecified atom stereocenters. The van der Waals surface area contributed by atoms with E-state index in [1.165, 1.54) is 13.8 Å². The molecule has 3 nitrogen and oxygen atoms in total. The Kier molecular flexibility index (Phi) is 5.89. The van der Waals surface area contributed by atoms with Crippen molar-refractivity contribution in [3.8, 4) is 0 Å². The fourth-order valence-corrected chi connectivity index (χ4v) is 0.236. The van der Waals surface area contributed by atoms with Gasteiger partial charge in [-0.15, -0.1) is 0 Å². The van der Waals surface area contributed by atoms with Crippen LogP contribution in [0.2, 0.25) is 0 Å². The number of aliphatic carboxylic acids is 1. The van der Waals surface area contributed by atoms with E-state index in [1.807, 2.05) is 0 Å². The predicted molar refractivity (Wildman–Crippen MR) is 24.9 cm³/mol. The molecular weight excluding hydrogens is 115 g/mol. The number of hydrogen-bond donors (Lipinski definition) is 0. The third kappa shape index (κ3) is 4.25. The first-order valence-corrected chi connectivity index (χ1v) is 2.31. The molecule has 0 radical (unpaired) electrons. The summed E-state index contributed by atoms with van der Waals surface area (Å²) in [5.74, 6) is -2.90. The second kappa shape index (κ2) is 4.60. The molecule has 0 aliphatic rings. The van der Waals surface area contributed by atoms with Crippen LogP contribution in [0, 0.1) is 5.92 Å². The summed E-state index contributed by atoms with van der Waals surface area (Å²) in [5.41, 5.74) is 0. The molecule has 4 heteroatoms. The molecule has 0 aromatic rings. The minimum absolute atomic E-state index is 0. The van der Waals surface area contributed by atoms with Crippen molar-refractivity contribution in [1.82, 2.24) is 0 Å². The minimum Gasteiger partial charge on any atom is -0.542 e. The van der Waals surface area contributed by atoms with Crippen LogP contribution >= 0.6 is 0 Å². The quantitative estimate of drug-likeness (QED) is 0.277. The Morgan fingerprint density at radius 3 is 1.67 bits per heavy atom. The van der Waals surface area contributed by atoms with Gasteiger partial charge < -0.3 is 9.90 Å². The van der Waals surface area contributed by atoms with Crippen LogP contribution in [0.5, 0.6) is 0 Å². The molecule has 0 aromatic carbocycles. The molecule has 0 N–H and O–H groups in total. The molecule has 0 amide bonds. The summed E-state index contributed by atoms with van der Waals surface area (Å²) >= 11 is 0. The van der Waals surface area contributed by atoms with E-state index in [9.17, 15) is 14.7 Å². The Labute approximate surface area is 65.6 Å². The Morgan fingerprint density at radius 2 is 1.67 bits per heavy atom. The topological polar surface area (TPSA) is 57.2 Å². The zero-order valence-corrected chi connectivity index (χ0v) is 5.80. The van der Waals surface area contributed by atoms with Crippen molar-refractivity contribution < 1.29 is 33.6 Å². The number of carboxylic acid groups (broad SMARTS) is 1. The molecule has 0 bridgehead atoms. The van der Waals surface area contributed by atoms with Gasteiger partial charge in [0.25, 0.3) is 0 Å². The first-order valence-electron chi connectivity index (χ1n) is 2.31. The van der Waals surface area contributed by atoms with E-state index in [0.29, 0.717) is 0 Å². The van der Waals surface area contributed by atoms with Gasteiger partial charge in [-0.2, -0.15) is 0 Å². The Balaban J connectivity index is 0. The first kappa shape index (κ1) is 11.5. The molecule has 0 aliphatic heterocycles. The molecule has 0 aromatic heterocycles. The van der Waals surface area contributed by atoms with E-state index >= 15 is 0 Å². The second-order valence-electron chi connectivity index (χ2n) is 1.81. The molecule has 0 rings (SSSR count). The third-order valence-corrected chi connectivity index (χ3v) is 0.726. The van der Waals surface area contributed by atoms with Crippen molar-refractivity contribution in [2.75, 3.05) is 0 Å². The summed E-state index contributed by atoms with van der Waals surface area (Å²) in [5, 5.41) is 9.68. The molecule has 0 saturated carbocycles. The molecule has 0 spiro atoms. The van der Waals surface area contributed by atoms with Gasteiger partial charge in [-0.3, -0.25) is 4.79 Å². The van der Waals surface area contributed by atoms with Crippen LogP contribution in [0.4, 0.5) is 0 Å². The summed E-state index contributed by atoms with van der Waals surface area (Å²) < 4.78 is 0. The summed E-state index contributed by atoms with van der Waals surface area (Å²) in [4.78, 5) is 19.9. The molecule has 0 fully saturated rings. The van der Waals surface area contributed by atoms with Gasteiger partial charge in [0.15, 0.2) is 5.78 Å². The molecular formula is C5H7LiO3. The van der Waals surface area contributed by atoms with Crippen LogP contribution in [0.3, 0.4) is 0 Å². The normalized spacial score (nSPS) is 8.33. The molecule has 0 aliphatic carbocycles. The van der Waals surface area contributed by atoms with Crippen molar-refractivity contribution >= 4 is 11.8 Å². The number of carboxylic acids is 1. The van der Waals surface area contributed by atoms with Crippen molar-refractivity contribution in [3.05, 3.63) is 0 Å². The van der Waals surface area contributed by atoms with Crippen LogP contribution in [0.1, 0.15) is 13.8 Å². The van der Waals surface area contributed by atoms with Gasteiger partial charge in [-0.05, 0) is 0 Å². The van der Waals surface area contributed by atoms with E-state index in [2.05, 4.69) is 0 Å². The number of Topliss-reactive ketones (excluding diaryl/α,β-unsaturated/α-hetero) is 1. The number of carbonyl (C=O) groups is 2. The van der Waals surface area contributed by atoms with Gasteiger partial charge in [-0.25, -0.2) is 0 Å². The van der Waals surface area contributed by atoms with E-state index in [-0.39, 0.29) is 18.9 Å². The monoisotopic (exact) mass is 122 g/mol. The molecule has 0 atom stereocenters. The van der Waals surface area contributed by atoms with Crippen LogP contribution in [-0.2, 0) is 9.59 Å². The van der Waals surface area contributed by atoms with Crippen LogP contribution in [0.15, 0.2) is 0 Å². The van der Waals surface area contributed by atoms with Crippen molar-refractivity contribution in [1.29, 1.82) is 0 Å². The van der Waals surface area contributed by atoms with Crippen molar-refractivity contribution in [2.24, 2.45) is 5.92 Å². The van der Waals surface area contributed by atoms with Crippen molar-refractivity contribution in [2.45, 2.75) is 13.8 Å². The number of carbonyl (C=O) groups excluding carboxylic acids is 2. The average molecular weight is 122 g/mol. The SMILES string of the molecule is CC(C)C(=O)C(=O)[O-].[Li+]. The number of rotatable bonds is 2. The fraction of sp³-hybridized carbons (Fsp3) is 0.600. The van der Waals surface area contributed by atoms with Gasteiger partial charge in [0.05, 0.1) is 0 Å². The zero-order valence-electron chi connectivity index (χ0n) is 5.80. The summed E-state index contributed by atoms with van der Waals surface area (Å²) in [6, 6.07) is 0. The van der Waals surface area contributed by atoms with Gasteiger partial charge in [-0.1, -0.05) is 13.8 Å². The predicted octanol–water partition coefficient (Wildman–Crippen LogP) is -4.03. The van der Waals surface area contributed by atoms with Crippen molar-refractivity contribution in [3.63, 3.8) is 0 Å². The van der Waals surface area contributed by atoms with E-state index < -0.39 is 17.7 Å². The van der Waals surface area contributed by atoms with Crippen LogP contribution < -0.4 is 24.0 Å². The van der Waals surface area contributed by atoms with Gasteiger partial charge in [0, 0.05) is 5.92 Å². The van der Waals surface area contributed by atoms with Gasteiger partial charge in [0.1, 0.15) is 5.97 Å². The standard InChI is InChI=1S/C5H8O3.Li/c1-3(2)4(6)5(7)8;/h3H,1-2H3,(H,7,8);/q;+1/p-1. The molecule has 9 heavy (non-hydrogen) atoms. The Hall–Kier alpha value is -0.263. The van der Waals surface area contributed by atoms with Gasteiger partial charge >= 0.3 is 18.9 Å². The molecule has 46 valence electrons. The van der Waals surface area contributed by atoms with Crippen LogP contribution in [0.25, 0.3) is 0 Å². The van der Waals surface area contributed by atoms with Crippen LogP contribution in [-0.4, -0.2) is 11.8 Å². The summed E-state index contributed by atoms with van der Waals surface area (Å²) in [7, 11) is 0.